The maximum atomic E-state index is 12.5. The van der Waals surface area contributed by atoms with Crippen LogP contribution in [0.4, 0.5) is 10.5 Å². The van der Waals surface area contributed by atoms with Crippen LogP contribution >= 0.6 is 0 Å². The van der Waals surface area contributed by atoms with Crippen molar-refractivity contribution in [2.24, 2.45) is 0 Å². The minimum absolute atomic E-state index is 0.00991. The summed E-state index contributed by atoms with van der Waals surface area (Å²) in [5.74, 6) is -1.05. The Labute approximate surface area is 190 Å². The average molecular weight is 439 g/mol. The van der Waals surface area contributed by atoms with Crippen molar-refractivity contribution in [2.75, 3.05) is 11.9 Å². The summed E-state index contributed by atoms with van der Waals surface area (Å²) in [6.45, 7) is 0.232. The Hall–Kier alpha value is -4.39. The number of H-pyrrole nitrogens is 1. The lowest BCUT2D eigenvalue weighted by atomic mass is 9.98. The average Bonchev–Trinajstić information content (AvgIpc) is 3.41. The number of carboxylic acids is 1. The van der Waals surface area contributed by atoms with E-state index in [9.17, 15) is 14.7 Å². The Morgan fingerprint density at radius 2 is 1.67 bits per heavy atom. The summed E-state index contributed by atoms with van der Waals surface area (Å²) in [5.41, 5.74) is 6.69. The summed E-state index contributed by atoms with van der Waals surface area (Å²) in [7, 11) is 0. The van der Waals surface area contributed by atoms with Gasteiger partial charge in [-0.25, -0.2) is 9.59 Å². The molecule has 0 atom stereocenters. The number of nitrogens with zero attached hydrogens (tertiary/aromatic N) is 1. The van der Waals surface area contributed by atoms with Crippen LogP contribution < -0.4 is 5.32 Å². The predicted octanol–water partition coefficient (Wildman–Crippen LogP) is 5.06. The van der Waals surface area contributed by atoms with Crippen molar-refractivity contribution in [2.45, 2.75) is 12.3 Å². The molecule has 0 saturated heterocycles. The van der Waals surface area contributed by atoms with Crippen LogP contribution in [-0.4, -0.2) is 34.0 Å². The molecule has 164 valence electrons. The van der Waals surface area contributed by atoms with Crippen molar-refractivity contribution < 1.29 is 19.4 Å². The monoisotopic (exact) mass is 439 g/mol. The molecule has 7 heteroatoms. The zero-order chi connectivity index (χ0) is 22.8. The molecule has 33 heavy (non-hydrogen) atoms. The molecule has 5 rings (SSSR count). The van der Waals surface area contributed by atoms with Crippen molar-refractivity contribution in [3.8, 4) is 11.1 Å². The van der Waals surface area contributed by atoms with E-state index in [1.807, 2.05) is 30.3 Å². The van der Waals surface area contributed by atoms with Crippen LogP contribution in [0.3, 0.4) is 0 Å². The van der Waals surface area contributed by atoms with Crippen LogP contribution in [0.15, 0.2) is 79.0 Å². The summed E-state index contributed by atoms with van der Waals surface area (Å²) in [4.78, 5) is 23.8. The standard InChI is InChI=1S/C26H21N3O4/c30-25(31)22-14-27-29-24(22)13-16-6-5-7-17(12-16)28-26(32)33-15-23-20-10-3-1-8-18(20)19-9-2-4-11-21(19)23/h1-12,14,23H,13,15H2,(H,27,29)(H,28,32)(H,30,31). The molecule has 0 bridgehead atoms. The third kappa shape index (κ3) is 4.08. The summed E-state index contributed by atoms with van der Waals surface area (Å²) in [6.07, 6.45) is 1.10. The van der Waals surface area contributed by atoms with E-state index in [0.29, 0.717) is 17.8 Å². The van der Waals surface area contributed by atoms with Crippen LogP contribution in [0.2, 0.25) is 0 Å². The molecular formula is C26H21N3O4. The Morgan fingerprint density at radius 1 is 0.970 bits per heavy atom. The van der Waals surface area contributed by atoms with Crippen molar-refractivity contribution in [1.82, 2.24) is 10.2 Å². The van der Waals surface area contributed by atoms with E-state index in [0.717, 1.165) is 16.7 Å². The normalized spacial score (nSPS) is 12.1. The van der Waals surface area contributed by atoms with Gasteiger partial charge in [0.25, 0.3) is 0 Å². The second-order valence-electron chi connectivity index (χ2n) is 7.90. The van der Waals surface area contributed by atoms with E-state index in [-0.39, 0.29) is 18.1 Å². The molecule has 1 aliphatic rings. The number of aromatic nitrogens is 2. The first-order chi connectivity index (χ1) is 16.1. The highest BCUT2D eigenvalue weighted by Gasteiger charge is 2.29. The number of nitrogens with one attached hydrogen (secondary N) is 2. The number of anilines is 1. The summed E-state index contributed by atoms with van der Waals surface area (Å²) in [5, 5.41) is 18.5. The number of aromatic carboxylic acids is 1. The Kier molecular flexibility index (Phi) is 5.36. The first-order valence-electron chi connectivity index (χ1n) is 10.6. The maximum Gasteiger partial charge on any atom is 0.411 e. The molecule has 1 amide bonds. The highest BCUT2D eigenvalue weighted by Crippen LogP contribution is 2.44. The number of rotatable bonds is 6. The number of hydrogen-bond acceptors (Lipinski definition) is 4. The lowest BCUT2D eigenvalue weighted by Crippen LogP contribution is -2.18. The molecule has 0 fully saturated rings. The van der Waals surface area contributed by atoms with Gasteiger partial charge in [-0.05, 0) is 39.9 Å². The second kappa shape index (κ2) is 8.63. The fourth-order valence-electron chi connectivity index (χ4n) is 4.35. The molecule has 0 unspecified atom stereocenters. The van der Waals surface area contributed by atoms with Gasteiger partial charge < -0.3 is 9.84 Å². The van der Waals surface area contributed by atoms with Crippen molar-refractivity contribution in [3.63, 3.8) is 0 Å². The van der Waals surface area contributed by atoms with Crippen LogP contribution in [-0.2, 0) is 11.2 Å². The first kappa shape index (κ1) is 20.5. The Bertz CT molecular complexity index is 1300. The van der Waals surface area contributed by atoms with Gasteiger partial charge in [0.1, 0.15) is 12.2 Å². The molecule has 3 aromatic carbocycles. The number of fused-ring (bicyclic) bond motifs is 3. The molecule has 0 radical (unpaired) electrons. The van der Waals surface area contributed by atoms with Gasteiger partial charge in [0.15, 0.2) is 0 Å². The zero-order valence-corrected chi connectivity index (χ0v) is 17.6. The Morgan fingerprint density at radius 3 is 2.36 bits per heavy atom. The highest BCUT2D eigenvalue weighted by atomic mass is 16.5. The van der Waals surface area contributed by atoms with Gasteiger partial charge in [-0.15, -0.1) is 0 Å². The van der Waals surface area contributed by atoms with E-state index < -0.39 is 12.1 Å². The van der Waals surface area contributed by atoms with Crippen molar-refractivity contribution in [3.05, 3.63) is 107 Å². The van der Waals surface area contributed by atoms with Gasteiger partial charge in [-0.3, -0.25) is 10.4 Å². The fourth-order valence-corrected chi connectivity index (χ4v) is 4.35. The van der Waals surface area contributed by atoms with E-state index in [1.54, 1.807) is 18.2 Å². The minimum atomic E-state index is -1.04. The maximum absolute atomic E-state index is 12.5. The zero-order valence-electron chi connectivity index (χ0n) is 17.6. The third-order valence-corrected chi connectivity index (χ3v) is 5.85. The lowest BCUT2D eigenvalue weighted by molar-refractivity contribution is 0.0696. The van der Waals surface area contributed by atoms with Crippen LogP contribution in [0.5, 0.6) is 0 Å². The number of aromatic amines is 1. The largest absolute Gasteiger partial charge is 0.478 e. The molecule has 0 aliphatic heterocycles. The molecular weight excluding hydrogens is 418 g/mol. The molecule has 1 aliphatic carbocycles. The third-order valence-electron chi connectivity index (χ3n) is 5.85. The number of hydrogen-bond donors (Lipinski definition) is 3. The number of carboxylic acid groups (broad SMARTS) is 1. The van der Waals surface area contributed by atoms with E-state index in [1.165, 1.54) is 17.3 Å². The van der Waals surface area contributed by atoms with E-state index in [4.69, 9.17) is 4.74 Å². The minimum Gasteiger partial charge on any atom is -0.478 e. The highest BCUT2D eigenvalue weighted by molar-refractivity contribution is 5.89. The summed E-state index contributed by atoms with van der Waals surface area (Å²) < 4.78 is 5.60. The number of ether oxygens (including phenoxy) is 1. The molecule has 0 saturated carbocycles. The number of amides is 1. The fraction of sp³-hybridized carbons (Fsp3) is 0.115. The van der Waals surface area contributed by atoms with Crippen LogP contribution in [0.25, 0.3) is 11.1 Å². The van der Waals surface area contributed by atoms with Gasteiger partial charge in [-0.1, -0.05) is 60.7 Å². The molecule has 1 aromatic heterocycles. The second-order valence-corrected chi connectivity index (χ2v) is 7.90. The molecule has 4 aromatic rings. The van der Waals surface area contributed by atoms with Gasteiger partial charge in [0.05, 0.1) is 11.9 Å². The predicted molar refractivity (Wildman–Crippen MR) is 123 cm³/mol. The first-order valence-corrected chi connectivity index (χ1v) is 10.6. The molecule has 7 nitrogen and oxygen atoms in total. The van der Waals surface area contributed by atoms with Gasteiger partial charge in [-0.2, -0.15) is 5.10 Å². The van der Waals surface area contributed by atoms with Gasteiger partial charge in [0.2, 0.25) is 0 Å². The summed E-state index contributed by atoms with van der Waals surface area (Å²) >= 11 is 0. The SMILES string of the molecule is O=C(Nc1cccc(Cc2[nH]ncc2C(=O)O)c1)OCC1c2ccccc2-c2ccccc21. The number of carbonyl (C=O) groups excluding carboxylic acids is 1. The van der Waals surface area contributed by atoms with Crippen LogP contribution in [0.1, 0.15) is 38.7 Å². The Balaban J connectivity index is 1.26. The van der Waals surface area contributed by atoms with Crippen LogP contribution in [0, 0.1) is 0 Å². The smallest absolute Gasteiger partial charge is 0.411 e. The quantitative estimate of drug-likeness (QED) is 0.390. The molecule has 0 spiro atoms. The molecule has 3 N–H and O–H groups in total. The van der Waals surface area contributed by atoms with E-state index >= 15 is 0 Å². The van der Waals surface area contributed by atoms with Gasteiger partial charge in [0, 0.05) is 18.0 Å². The van der Waals surface area contributed by atoms with E-state index in [2.05, 4.69) is 39.8 Å². The van der Waals surface area contributed by atoms with Crippen molar-refractivity contribution in [1.29, 1.82) is 0 Å². The number of carbonyl (C=O) groups is 2. The topological polar surface area (TPSA) is 104 Å². The van der Waals surface area contributed by atoms with Crippen molar-refractivity contribution >= 4 is 17.7 Å². The summed E-state index contributed by atoms with van der Waals surface area (Å²) in [6, 6.07) is 23.6. The number of benzene rings is 3. The lowest BCUT2D eigenvalue weighted by Gasteiger charge is -2.15. The molecule has 1 heterocycles. The van der Waals surface area contributed by atoms with Gasteiger partial charge >= 0.3 is 12.1 Å².